The molecular formula is C21H19Cl2N3O2. The number of para-hydroxylation sites is 1. The predicted molar refractivity (Wildman–Crippen MR) is 113 cm³/mol. The van der Waals surface area contributed by atoms with Gasteiger partial charge in [0.05, 0.1) is 35.6 Å². The van der Waals surface area contributed by atoms with Gasteiger partial charge in [0, 0.05) is 18.8 Å². The summed E-state index contributed by atoms with van der Waals surface area (Å²) in [5, 5.41) is 4.53. The van der Waals surface area contributed by atoms with Crippen molar-refractivity contribution in [3.05, 3.63) is 70.5 Å². The van der Waals surface area contributed by atoms with Crippen LogP contribution in [0, 0.1) is 0 Å². The summed E-state index contributed by atoms with van der Waals surface area (Å²) in [7, 11) is 3.31. The van der Waals surface area contributed by atoms with Crippen molar-refractivity contribution in [2.24, 2.45) is 0 Å². The first-order valence-corrected chi connectivity index (χ1v) is 9.52. The summed E-state index contributed by atoms with van der Waals surface area (Å²) in [5.41, 5.74) is 3.71. The van der Waals surface area contributed by atoms with E-state index in [1.54, 1.807) is 26.6 Å². The van der Waals surface area contributed by atoms with Crippen LogP contribution in [0.3, 0.4) is 0 Å². The van der Waals surface area contributed by atoms with Gasteiger partial charge in [0.2, 0.25) is 0 Å². The fourth-order valence-electron chi connectivity index (χ4n) is 3.48. The number of fused-ring (bicyclic) bond motifs is 1. The third-order valence-electron chi connectivity index (χ3n) is 4.75. The van der Waals surface area contributed by atoms with Crippen LogP contribution in [-0.2, 0) is 6.42 Å². The standard InChI is InChI=1S/C21H19Cl2N3O2/c1-27-14-8-6-13(7-9-14)10-19-25-17-4-3-5-18(28-2)21(17)26(19)20-15(22)11-24-12-16(20)23/h3-9,11-12,19,25H,10H2,1-2H3/t19-/m0/s1. The molecule has 2 aromatic carbocycles. The summed E-state index contributed by atoms with van der Waals surface area (Å²) < 4.78 is 10.9. The van der Waals surface area contributed by atoms with Crippen molar-refractivity contribution in [2.45, 2.75) is 12.6 Å². The number of pyridine rings is 1. The van der Waals surface area contributed by atoms with Crippen LogP contribution in [0.15, 0.2) is 54.9 Å². The molecule has 28 heavy (non-hydrogen) atoms. The van der Waals surface area contributed by atoms with Crippen LogP contribution in [0.25, 0.3) is 0 Å². The molecule has 0 amide bonds. The molecule has 1 aliphatic heterocycles. The van der Waals surface area contributed by atoms with Crippen LogP contribution >= 0.6 is 23.2 Å². The minimum atomic E-state index is -0.0999. The highest BCUT2D eigenvalue weighted by molar-refractivity contribution is 6.39. The third-order valence-corrected chi connectivity index (χ3v) is 5.30. The first-order chi connectivity index (χ1) is 13.6. The van der Waals surface area contributed by atoms with E-state index in [1.807, 2.05) is 30.3 Å². The van der Waals surface area contributed by atoms with Gasteiger partial charge in [-0.2, -0.15) is 0 Å². The summed E-state index contributed by atoms with van der Waals surface area (Å²) in [6.45, 7) is 0. The van der Waals surface area contributed by atoms with Crippen molar-refractivity contribution >= 4 is 40.3 Å². The SMILES string of the molecule is COc1ccc(C[C@H]2Nc3cccc(OC)c3N2c2c(Cl)cncc2Cl)cc1. The lowest BCUT2D eigenvalue weighted by Gasteiger charge is -2.29. The van der Waals surface area contributed by atoms with Gasteiger partial charge in [0.25, 0.3) is 0 Å². The van der Waals surface area contributed by atoms with Crippen molar-refractivity contribution in [3.8, 4) is 11.5 Å². The fourth-order valence-corrected chi connectivity index (χ4v) is 4.03. The predicted octanol–water partition coefficient (Wildman–Crippen LogP) is 5.54. The molecule has 3 aromatic rings. The van der Waals surface area contributed by atoms with Gasteiger partial charge in [-0.3, -0.25) is 4.98 Å². The number of nitrogens with zero attached hydrogens (tertiary/aromatic N) is 2. The summed E-state index contributed by atoms with van der Waals surface area (Å²) >= 11 is 13.0. The van der Waals surface area contributed by atoms with Gasteiger partial charge in [-0.15, -0.1) is 0 Å². The highest BCUT2D eigenvalue weighted by atomic mass is 35.5. The molecule has 1 N–H and O–H groups in total. The third kappa shape index (κ3) is 3.32. The van der Waals surface area contributed by atoms with E-state index in [1.165, 1.54) is 0 Å². The fraction of sp³-hybridized carbons (Fsp3) is 0.190. The summed E-state index contributed by atoms with van der Waals surface area (Å²) in [5.74, 6) is 1.57. The second-order valence-electron chi connectivity index (χ2n) is 6.39. The van der Waals surface area contributed by atoms with Crippen LogP contribution in [0.5, 0.6) is 11.5 Å². The van der Waals surface area contributed by atoms with E-state index in [4.69, 9.17) is 32.7 Å². The highest BCUT2D eigenvalue weighted by Gasteiger charge is 2.35. The molecular weight excluding hydrogens is 397 g/mol. The summed E-state index contributed by atoms with van der Waals surface area (Å²) in [6.07, 6.45) is 3.81. The van der Waals surface area contributed by atoms with Gasteiger partial charge in [-0.1, -0.05) is 41.4 Å². The number of rotatable bonds is 5. The van der Waals surface area contributed by atoms with E-state index < -0.39 is 0 Å². The smallest absolute Gasteiger partial charge is 0.144 e. The largest absolute Gasteiger partial charge is 0.497 e. The molecule has 2 heterocycles. The van der Waals surface area contributed by atoms with Crippen molar-refractivity contribution in [2.75, 3.05) is 24.4 Å². The van der Waals surface area contributed by atoms with Gasteiger partial charge in [-0.25, -0.2) is 0 Å². The van der Waals surface area contributed by atoms with E-state index in [0.717, 1.165) is 34.9 Å². The Bertz CT molecular complexity index is 975. The molecule has 0 spiro atoms. The average molecular weight is 416 g/mol. The maximum Gasteiger partial charge on any atom is 0.144 e. The zero-order valence-electron chi connectivity index (χ0n) is 15.4. The molecule has 0 unspecified atom stereocenters. The lowest BCUT2D eigenvalue weighted by atomic mass is 10.1. The average Bonchev–Trinajstić information content (AvgIpc) is 3.06. The second-order valence-corrected chi connectivity index (χ2v) is 7.20. The van der Waals surface area contributed by atoms with Crippen molar-refractivity contribution < 1.29 is 9.47 Å². The highest BCUT2D eigenvalue weighted by Crippen LogP contribution is 2.50. The molecule has 4 rings (SSSR count). The summed E-state index contributed by atoms with van der Waals surface area (Å²) in [6, 6.07) is 13.9. The second kappa shape index (κ2) is 7.78. The maximum absolute atomic E-state index is 6.51. The van der Waals surface area contributed by atoms with Gasteiger partial charge < -0.3 is 19.7 Å². The number of halogens is 2. The van der Waals surface area contributed by atoms with Crippen LogP contribution in [0.4, 0.5) is 17.1 Å². The molecule has 0 bridgehead atoms. The number of ether oxygens (including phenoxy) is 2. The first kappa shape index (κ1) is 18.7. The molecule has 0 fully saturated rings. The van der Waals surface area contributed by atoms with Crippen molar-refractivity contribution in [3.63, 3.8) is 0 Å². The minimum Gasteiger partial charge on any atom is -0.497 e. The normalized spacial score (nSPS) is 15.1. The van der Waals surface area contributed by atoms with Crippen LogP contribution in [0.2, 0.25) is 10.0 Å². The Hall–Kier alpha value is -2.63. The van der Waals surface area contributed by atoms with E-state index in [9.17, 15) is 0 Å². The maximum atomic E-state index is 6.51. The molecule has 0 saturated carbocycles. The van der Waals surface area contributed by atoms with Gasteiger partial charge in [0.1, 0.15) is 23.4 Å². The number of anilines is 3. The lowest BCUT2D eigenvalue weighted by molar-refractivity contribution is 0.414. The van der Waals surface area contributed by atoms with Crippen LogP contribution < -0.4 is 19.7 Å². The molecule has 1 aliphatic rings. The molecule has 1 aromatic heterocycles. The van der Waals surface area contributed by atoms with Crippen molar-refractivity contribution in [1.82, 2.24) is 4.98 Å². The van der Waals surface area contributed by atoms with Crippen LogP contribution in [0.1, 0.15) is 5.56 Å². The molecule has 0 radical (unpaired) electrons. The zero-order chi connectivity index (χ0) is 19.7. The monoisotopic (exact) mass is 415 g/mol. The Balaban J connectivity index is 1.79. The number of benzene rings is 2. The lowest BCUT2D eigenvalue weighted by Crippen LogP contribution is -2.34. The molecule has 5 nitrogen and oxygen atoms in total. The van der Waals surface area contributed by atoms with Crippen LogP contribution in [-0.4, -0.2) is 25.4 Å². The summed E-state index contributed by atoms with van der Waals surface area (Å²) in [4.78, 5) is 6.17. The Kier molecular flexibility index (Phi) is 5.20. The Morgan fingerprint density at radius 2 is 1.68 bits per heavy atom. The van der Waals surface area contributed by atoms with Gasteiger partial charge >= 0.3 is 0 Å². The number of methoxy groups -OCH3 is 2. The number of hydrogen-bond donors (Lipinski definition) is 1. The number of hydrogen-bond acceptors (Lipinski definition) is 5. The minimum absolute atomic E-state index is 0.0999. The van der Waals surface area contributed by atoms with Gasteiger partial charge in [0.15, 0.2) is 0 Å². The van der Waals surface area contributed by atoms with E-state index in [2.05, 4.69) is 27.3 Å². The Labute approximate surface area is 173 Å². The molecule has 1 atom stereocenters. The number of nitrogens with one attached hydrogen (secondary N) is 1. The molecule has 0 aliphatic carbocycles. The molecule has 0 saturated heterocycles. The Morgan fingerprint density at radius 1 is 0.964 bits per heavy atom. The first-order valence-electron chi connectivity index (χ1n) is 8.77. The Morgan fingerprint density at radius 3 is 2.32 bits per heavy atom. The van der Waals surface area contributed by atoms with Crippen molar-refractivity contribution in [1.29, 1.82) is 0 Å². The van der Waals surface area contributed by atoms with Gasteiger partial charge in [-0.05, 0) is 29.8 Å². The molecule has 144 valence electrons. The zero-order valence-corrected chi connectivity index (χ0v) is 17.0. The van der Waals surface area contributed by atoms with E-state index >= 15 is 0 Å². The quantitative estimate of drug-likeness (QED) is 0.592. The topological polar surface area (TPSA) is 46.6 Å². The molecule has 7 heteroatoms. The van der Waals surface area contributed by atoms with E-state index in [-0.39, 0.29) is 6.17 Å². The number of aromatic nitrogens is 1. The van der Waals surface area contributed by atoms with E-state index in [0.29, 0.717) is 15.7 Å².